The molecule has 0 atom stereocenters. The summed E-state index contributed by atoms with van der Waals surface area (Å²) in [5.41, 5.74) is 3.28. The fraction of sp³-hybridized carbons (Fsp3) is 0.450. The van der Waals surface area contributed by atoms with Gasteiger partial charge in [0.2, 0.25) is 0 Å². The van der Waals surface area contributed by atoms with E-state index in [0.29, 0.717) is 5.78 Å². The van der Waals surface area contributed by atoms with Crippen LogP contribution in [0, 0.1) is 12.8 Å². The van der Waals surface area contributed by atoms with Crippen molar-refractivity contribution in [1.82, 2.24) is 4.57 Å². The van der Waals surface area contributed by atoms with Crippen molar-refractivity contribution in [3.8, 4) is 11.3 Å². The molecule has 1 aliphatic carbocycles. The van der Waals surface area contributed by atoms with Gasteiger partial charge in [0.25, 0.3) is 0 Å². The summed E-state index contributed by atoms with van der Waals surface area (Å²) in [4.78, 5) is 13.0. The van der Waals surface area contributed by atoms with Crippen LogP contribution in [0.15, 0.2) is 42.6 Å². The molecule has 3 rings (SSSR count). The van der Waals surface area contributed by atoms with Gasteiger partial charge in [-0.15, -0.1) is 0 Å². The zero-order valence-electron chi connectivity index (χ0n) is 13.8. The van der Waals surface area contributed by atoms with Crippen molar-refractivity contribution in [3.05, 3.63) is 48.2 Å². The number of rotatable bonds is 4. The normalized spacial score (nSPS) is 17.1. The largest absolute Gasteiger partial charge is 0.334 e. The molecular formula is C20H25NO. The summed E-state index contributed by atoms with van der Waals surface area (Å²) in [5, 5.41) is 0. The Hall–Kier alpha value is -1.83. The Morgan fingerprint density at radius 1 is 1.09 bits per heavy atom. The maximum Gasteiger partial charge on any atom is 0.161 e. The smallest absolute Gasteiger partial charge is 0.161 e. The second-order valence-electron chi connectivity index (χ2n) is 6.89. The van der Waals surface area contributed by atoms with Gasteiger partial charge in [0.05, 0.1) is 0 Å². The first-order valence-corrected chi connectivity index (χ1v) is 8.34. The van der Waals surface area contributed by atoms with E-state index in [0.717, 1.165) is 31.4 Å². The number of carbonyl (C=O) groups excluding carboxylic acids is 1. The Bertz CT molecular complexity index is 657. The van der Waals surface area contributed by atoms with E-state index in [1.807, 2.05) is 13.8 Å². The quantitative estimate of drug-likeness (QED) is 0.781. The molecule has 0 saturated heterocycles. The molecule has 1 saturated carbocycles. The van der Waals surface area contributed by atoms with Crippen molar-refractivity contribution in [1.29, 1.82) is 0 Å². The summed E-state index contributed by atoms with van der Waals surface area (Å²) in [6, 6.07) is 12.8. The number of nitrogens with zero attached hydrogens (tertiary/aromatic N) is 1. The minimum Gasteiger partial charge on any atom is -0.334 e. The van der Waals surface area contributed by atoms with Crippen molar-refractivity contribution >= 4 is 5.78 Å². The average Bonchev–Trinajstić information content (AvgIpc) is 3.16. The highest BCUT2D eigenvalue weighted by Crippen LogP contribution is 2.42. The van der Waals surface area contributed by atoms with E-state index in [2.05, 4.69) is 54.1 Å². The van der Waals surface area contributed by atoms with Crippen LogP contribution in [0.1, 0.15) is 45.1 Å². The van der Waals surface area contributed by atoms with Crippen molar-refractivity contribution in [2.24, 2.45) is 5.92 Å². The van der Waals surface area contributed by atoms with Gasteiger partial charge in [-0.25, -0.2) is 0 Å². The van der Waals surface area contributed by atoms with E-state index in [-0.39, 0.29) is 11.5 Å². The van der Waals surface area contributed by atoms with Crippen molar-refractivity contribution in [3.63, 3.8) is 0 Å². The molecule has 2 heteroatoms. The average molecular weight is 295 g/mol. The van der Waals surface area contributed by atoms with Gasteiger partial charge in [-0.05, 0) is 37.5 Å². The summed E-state index contributed by atoms with van der Waals surface area (Å²) >= 11 is 0. The number of carbonyl (C=O) groups is 1. The summed E-state index contributed by atoms with van der Waals surface area (Å²) < 4.78 is 2.26. The number of hydrogen-bond acceptors (Lipinski definition) is 1. The fourth-order valence-corrected chi connectivity index (χ4v) is 3.82. The topological polar surface area (TPSA) is 22.0 Å². The molecule has 0 unspecified atom stereocenters. The molecule has 0 radical (unpaired) electrons. The highest BCUT2D eigenvalue weighted by molar-refractivity contribution is 5.89. The van der Waals surface area contributed by atoms with Gasteiger partial charge >= 0.3 is 0 Å². The maximum absolute atomic E-state index is 13.0. The molecule has 0 spiro atoms. The highest BCUT2D eigenvalue weighted by atomic mass is 16.1. The molecule has 22 heavy (non-hydrogen) atoms. The first-order valence-electron chi connectivity index (χ1n) is 8.34. The summed E-state index contributed by atoms with van der Waals surface area (Å²) in [5.74, 6) is 0.459. The van der Waals surface area contributed by atoms with Gasteiger partial charge in [-0.1, -0.05) is 56.5 Å². The minimum absolute atomic E-state index is 0.0753. The minimum atomic E-state index is -0.335. The predicted molar refractivity (Wildman–Crippen MR) is 90.9 cm³/mol. The van der Waals surface area contributed by atoms with Crippen LogP contribution in [0.25, 0.3) is 11.3 Å². The van der Waals surface area contributed by atoms with E-state index >= 15 is 0 Å². The first kappa shape index (κ1) is 15.1. The van der Waals surface area contributed by atoms with Gasteiger partial charge in [-0.2, -0.15) is 0 Å². The SMILES string of the molecule is Cc1ccc(-c2cccn2C2(C(=O)C(C)C)CCCC2)cc1. The summed E-state index contributed by atoms with van der Waals surface area (Å²) in [7, 11) is 0. The summed E-state index contributed by atoms with van der Waals surface area (Å²) in [6.07, 6.45) is 6.32. The van der Waals surface area contributed by atoms with Crippen LogP contribution in [-0.4, -0.2) is 10.4 Å². The van der Waals surface area contributed by atoms with E-state index in [9.17, 15) is 4.79 Å². The van der Waals surface area contributed by atoms with E-state index in [4.69, 9.17) is 0 Å². The van der Waals surface area contributed by atoms with Gasteiger partial charge in [0.1, 0.15) is 5.54 Å². The maximum atomic E-state index is 13.0. The van der Waals surface area contributed by atoms with Crippen LogP contribution in [0.3, 0.4) is 0 Å². The van der Waals surface area contributed by atoms with Gasteiger partial charge in [0.15, 0.2) is 5.78 Å². The van der Waals surface area contributed by atoms with Crippen LogP contribution in [0.2, 0.25) is 0 Å². The Morgan fingerprint density at radius 3 is 2.32 bits per heavy atom. The van der Waals surface area contributed by atoms with Crippen molar-refractivity contribution in [2.45, 2.75) is 52.0 Å². The monoisotopic (exact) mass is 295 g/mol. The molecule has 1 fully saturated rings. The number of aryl methyl sites for hydroxylation is 1. The highest BCUT2D eigenvalue weighted by Gasteiger charge is 2.44. The molecule has 0 bridgehead atoms. The van der Waals surface area contributed by atoms with Crippen LogP contribution in [-0.2, 0) is 10.3 Å². The third kappa shape index (κ3) is 2.41. The molecular weight excluding hydrogens is 270 g/mol. The third-order valence-corrected chi connectivity index (χ3v) is 4.97. The molecule has 0 amide bonds. The lowest BCUT2D eigenvalue weighted by atomic mass is 9.85. The molecule has 1 aromatic heterocycles. The standard InChI is InChI=1S/C20H25NO/c1-15(2)19(22)20(12-4-5-13-20)21-14-6-7-18(21)17-10-8-16(3)9-11-17/h6-11,14-15H,4-5,12-13H2,1-3H3. The molecule has 1 heterocycles. The fourth-order valence-electron chi connectivity index (χ4n) is 3.82. The Labute approximate surface area is 133 Å². The summed E-state index contributed by atoms with van der Waals surface area (Å²) in [6.45, 7) is 6.15. The first-order chi connectivity index (χ1) is 10.5. The number of benzene rings is 1. The number of ketones is 1. The lowest BCUT2D eigenvalue weighted by Crippen LogP contribution is -2.41. The molecule has 116 valence electrons. The van der Waals surface area contributed by atoms with Crippen LogP contribution >= 0.6 is 0 Å². The lowest BCUT2D eigenvalue weighted by Gasteiger charge is -2.33. The molecule has 1 aliphatic rings. The zero-order valence-corrected chi connectivity index (χ0v) is 13.8. The zero-order chi connectivity index (χ0) is 15.7. The predicted octanol–water partition coefficient (Wildman–Crippen LogP) is 4.96. The Balaban J connectivity index is 2.09. The molecule has 0 N–H and O–H groups in total. The van der Waals surface area contributed by atoms with Crippen LogP contribution in [0.5, 0.6) is 0 Å². The van der Waals surface area contributed by atoms with Crippen LogP contribution < -0.4 is 0 Å². The number of hydrogen-bond donors (Lipinski definition) is 0. The molecule has 2 nitrogen and oxygen atoms in total. The molecule has 2 aromatic rings. The lowest BCUT2D eigenvalue weighted by molar-refractivity contribution is -0.130. The Morgan fingerprint density at radius 2 is 1.73 bits per heavy atom. The van der Waals surface area contributed by atoms with Crippen molar-refractivity contribution in [2.75, 3.05) is 0 Å². The molecule has 1 aromatic carbocycles. The second-order valence-corrected chi connectivity index (χ2v) is 6.89. The van der Waals surface area contributed by atoms with Gasteiger partial charge < -0.3 is 4.57 Å². The van der Waals surface area contributed by atoms with E-state index in [1.165, 1.54) is 11.1 Å². The van der Waals surface area contributed by atoms with Gasteiger partial charge in [-0.3, -0.25) is 4.79 Å². The van der Waals surface area contributed by atoms with Crippen LogP contribution in [0.4, 0.5) is 0 Å². The third-order valence-electron chi connectivity index (χ3n) is 4.97. The van der Waals surface area contributed by atoms with Gasteiger partial charge in [0, 0.05) is 17.8 Å². The number of Topliss-reactive ketones (excluding diaryl/α,β-unsaturated/α-hetero) is 1. The van der Waals surface area contributed by atoms with E-state index < -0.39 is 0 Å². The molecule has 0 aliphatic heterocycles. The van der Waals surface area contributed by atoms with E-state index in [1.54, 1.807) is 0 Å². The second kappa shape index (κ2) is 5.75. The number of aromatic nitrogens is 1. The Kier molecular flexibility index (Phi) is 3.94. The van der Waals surface area contributed by atoms with Crippen molar-refractivity contribution < 1.29 is 4.79 Å².